The molecule has 0 aromatic heterocycles. The number of amides is 1. The highest BCUT2D eigenvalue weighted by molar-refractivity contribution is 8.00. The van der Waals surface area contributed by atoms with Gasteiger partial charge in [-0.15, -0.1) is 16.6 Å². The molecule has 0 saturated carbocycles. The highest BCUT2D eigenvalue weighted by Crippen LogP contribution is 2.38. The lowest BCUT2D eigenvalue weighted by Crippen LogP contribution is -2.44. The highest BCUT2D eigenvalue weighted by atomic mass is 32.2. The average Bonchev–Trinajstić information content (AvgIpc) is 2.96. The van der Waals surface area contributed by atoms with Crippen molar-refractivity contribution in [2.75, 3.05) is 12.9 Å². The normalized spacial score (nSPS) is 18.0. The van der Waals surface area contributed by atoms with Crippen LogP contribution in [0.1, 0.15) is 10.9 Å². The van der Waals surface area contributed by atoms with Crippen molar-refractivity contribution in [1.29, 1.82) is 0 Å². The Balaban J connectivity index is 1.85. The number of rotatable bonds is 5. The summed E-state index contributed by atoms with van der Waals surface area (Å²) in [5, 5.41) is 0.760. The molecule has 1 amide bonds. The number of carbonyl (C=O) groups excluding carboxylic acids is 1. The minimum atomic E-state index is -3.81. The maximum absolute atomic E-state index is 12.5. The second kappa shape index (κ2) is 6.84. The molecule has 1 N–H and O–H groups in total. The zero-order valence-corrected chi connectivity index (χ0v) is 14.5. The molecular formula is C16H16N2O4S2. The van der Waals surface area contributed by atoms with Crippen molar-refractivity contribution in [3.05, 3.63) is 60.2 Å². The number of ether oxygens (including phenoxy) is 1. The summed E-state index contributed by atoms with van der Waals surface area (Å²) in [6.45, 7) is 0. The number of thioether (sulfide) groups is 1. The van der Waals surface area contributed by atoms with E-state index in [0.717, 1.165) is 5.56 Å². The summed E-state index contributed by atoms with van der Waals surface area (Å²) >= 11 is 1.37. The van der Waals surface area contributed by atoms with Gasteiger partial charge in [-0.2, -0.15) is 0 Å². The molecule has 1 atom stereocenters. The molecule has 0 bridgehead atoms. The fourth-order valence-corrected chi connectivity index (χ4v) is 4.58. The van der Waals surface area contributed by atoms with E-state index in [0.29, 0.717) is 5.75 Å². The molecule has 8 heteroatoms. The Morgan fingerprint density at radius 3 is 2.42 bits per heavy atom. The molecule has 2 aromatic rings. The first kappa shape index (κ1) is 16.8. The van der Waals surface area contributed by atoms with Crippen LogP contribution in [-0.2, 0) is 14.8 Å². The summed E-state index contributed by atoms with van der Waals surface area (Å²) in [6, 6.07) is 15.2. The van der Waals surface area contributed by atoms with Crippen LogP contribution in [0.3, 0.4) is 0 Å². The molecule has 0 spiro atoms. The second-order valence-electron chi connectivity index (χ2n) is 5.11. The van der Waals surface area contributed by atoms with Crippen LogP contribution in [0.25, 0.3) is 0 Å². The molecule has 1 fully saturated rings. The van der Waals surface area contributed by atoms with Crippen molar-refractivity contribution in [2.45, 2.75) is 10.3 Å². The van der Waals surface area contributed by atoms with Crippen molar-refractivity contribution in [3.8, 4) is 5.75 Å². The lowest BCUT2D eigenvalue weighted by atomic mass is 10.2. The molecule has 3 rings (SSSR count). The lowest BCUT2D eigenvalue weighted by molar-refractivity contribution is -0.129. The number of methoxy groups -OCH3 is 1. The van der Waals surface area contributed by atoms with Crippen molar-refractivity contribution in [2.24, 2.45) is 0 Å². The van der Waals surface area contributed by atoms with Crippen LogP contribution in [0.2, 0.25) is 0 Å². The minimum Gasteiger partial charge on any atom is -0.497 e. The minimum absolute atomic E-state index is 0.114. The molecule has 2 aromatic carbocycles. The zero-order valence-electron chi connectivity index (χ0n) is 12.9. The Kier molecular flexibility index (Phi) is 4.79. The average molecular weight is 364 g/mol. The number of nitrogens with one attached hydrogen (secondary N) is 1. The van der Waals surface area contributed by atoms with Gasteiger partial charge in [0.25, 0.3) is 10.0 Å². The number of hydrogen-bond acceptors (Lipinski definition) is 5. The molecule has 6 nitrogen and oxygen atoms in total. The van der Waals surface area contributed by atoms with Crippen LogP contribution in [-0.4, -0.2) is 32.2 Å². The quantitative estimate of drug-likeness (QED) is 0.880. The van der Waals surface area contributed by atoms with Crippen molar-refractivity contribution in [1.82, 2.24) is 9.84 Å². The fourth-order valence-electron chi connectivity index (χ4n) is 2.32. The van der Waals surface area contributed by atoms with E-state index in [-0.39, 0.29) is 16.6 Å². The third kappa shape index (κ3) is 3.40. The first-order valence-corrected chi connectivity index (χ1v) is 9.69. The number of hydrazine groups is 1. The van der Waals surface area contributed by atoms with Gasteiger partial charge in [-0.05, 0) is 29.8 Å². The van der Waals surface area contributed by atoms with Gasteiger partial charge in [0.15, 0.2) is 0 Å². The summed E-state index contributed by atoms with van der Waals surface area (Å²) in [4.78, 5) is 14.7. The first-order valence-electron chi connectivity index (χ1n) is 7.16. The standard InChI is InChI=1S/C16H16N2O4S2/c1-22-13-9-7-12(8-10-13)16-18(15(19)11-23-16)17-24(20,21)14-5-3-2-4-6-14/h2-10,16-17H,11H2,1H3/t16-/m0/s1. The van der Waals surface area contributed by atoms with Crippen LogP contribution in [0.4, 0.5) is 0 Å². The molecule has 126 valence electrons. The molecule has 1 aliphatic heterocycles. The van der Waals surface area contributed by atoms with Gasteiger partial charge in [0.1, 0.15) is 11.1 Å². The van der Waals surface area contributed by atoms with Gasteiger partial charge >= 0.3 is 0 Å². The third-order valence-electron chi connectivity index (χ3n) is 3.54. The first-order chi connectivity index (χ1) is 11.5. The molecule has 0 radical (unpaired) electrons. The van der Waals surface area contributed by atoms with Gasteiger partial charge in [-0.25, -0.2) is 13.4 Å². The Labute approximate surface area is 144 Å². The van der Waals surface area contributed by atoms with Gasteiger partial charge in [-0.1, -0.05) is 30.3 Å². The molecule has 1 saturated heterocycles. The van der Waals surface area contributed by atoms with E-state index in [1.807, 2.05) is 12.1 Å². The summed E-state index contributed by atoms with van der Waals surface area (Å²) in [5.41, 5.74) is 0.822. The summed E-state index contributed by atoms with van der Waals surface area (Å²) in [5.74, 6) is 0.637. The fraction of sp³-hybridized carbons (Fsp3) is 0.188. The number of hydrogen-bond donors (Lipinski definition) is 1. The second-order valence-corrected chi connectivity index (χ2v) is 7.84. The Morgan fingerprint density at radius 2 is 1.79 bits per heavy atom. The highest BCUT2D eigenvalue weighted by Gasteiger charge is 2.36. The number of benzene rings is 2. The van der Waals surface area contributed by atoms with E-state index < -0.39 is 15.4 Å². The Hall–Kier alpha value is -2.03. The van der Waals surface area contributed by atoms with Crippen LogP contribution in [0.5, 0.6) is 5.75 Å². The van der Waals surface area contributed by atoms with E-state index >= 15 is 0 Å². The molecule has 0 aliphatic carbocycles. The van der Waals surface area contributed by atoms with E-state index in [2.05, 4.69) is 4.83 Å². The maximum atomic E-state index is 12.5. The number of nitrogens with zero attached hydrogens (tertiary/aromatic N) is 1. The van der Waals surface area contributed by atoms with Crippen molar-refractivity contribution in [3.63, 3.8) is 0 Å². The van der Waals surface area contributed by atoms with Gasteiger partial charge in [0.2, 0.25) is 5.91 Å². The zero-order chi connectivity index (χ0) is 17.2. The van der Waals surface area contributed by atoms with Crippen molar-refractivity contribution >= 4 is 27.7 Å². The predicted molar refractivity (Wildman–Crippen MR) is 91.8 cm³/mol. The lowest BCUT2D eigenvalue weighted by Gasteiger charge is -2.24. The SMILES string of the molecule is COc1ccc([C@@H]2SCC(=O)N2NS(=O)(=O)c2ccccc2)cc1. The largest absolute Gasteiger partial charge is 0.497 e. The topological polar surface area (TPSA) is 75.7 Å². The number of carbonyl (C=O) groups is 1. The van der Waals surface area contributed by atoms with E-state index in [1.165, 1.54) is 28.9 Å². The van der Waals surface area contributed by atoms with Gasteiger partial charge in [-0.3, -0.25) is 4.79 Å². The van der Waals surface area contributed by atoms with E-state index in [9.17, 15) is 13.2 Å². The Bertz CT molecular complexity index is 823. The van der Waals surface area contributed by atoms with E-state index in [1.54, 1.807) is 37.4 Å². The Morgan fingerprint density at radius 1 is 1.12 bits per heavy atom. The van der Waals surface area contributed by atoms with Crippen LogP contribution in [0.15, 0.2) is 59.5 Å². The summed E-state index contributed by atoms with van der Waals surface area (Å²) in [7, 11) is -2.24. The predicted octanol–water partition coefficient (Wildman–Crippen LogP) is 2.16. The summed E-state index contributed by atoms with van der Waals surface area (Å²) < 4.78 is 30.1. The third-order valence-corrected chi connectivity index (χ3v) is 6.08. The van der Waals surface area contributed by atoms with Gasteiger partial charge in [0, 0.05) is 0 Å². The number of sulfonamides is 1. The molecule has 1 aliphatic rings. The van der Waals surface area contributed by atoms with Gasteiger partial charge < -0.3 is 4.74 Å². The molecule has 1 heterocycles. The monoisotopic (exact) mass is 364 g/mol. The van der Waals surface area contributed by atoms with Crippen LogP contribution >= 0.6 is 11.8 Å². The maximum Gasteiger partial charge on any atom is 0.257 e. The van der Waals surface area contributed by atoms with Gasteiger partial charge in [0.05, 0.1) is 17.8 Å². The smallest absolute Gasteiger partial charge is 0.257 e. The summed E-state index contributed by atoms with van der Waals surface area (Å²) in [6.07, 6.45) is 0. The van der Waals surface area contributed by atoms with Crippen molar-refractivity contribution < 1.29 is 17.9 Å². The van der Waals surface area contributed by atoms with E-state index in [4.69, 9.17) is 4.74 Å². The molecule has 0 unspecified atom stereocenters. The molecule has 24 heavy (non-hydrogen) atoms. The van der Waals surface area contributed by atoms with Crippen LogP contribution in [0, 0.1) is 0 Å². The molecular weight excluding hydrogens is 348 g/mol. The van der Waals surface area contributed by atoms with Crippen LogP contribution < -0.4 is 9.57 Å².